The van der Waals surface area contributed by atoms with E-state index in [0.717, 1.165) is 49.9 Å². The number of hydrogen-bond donors (Lipinski definition) is 0. The minimum atomic E-state index is 0.657. The van der Waals surface area contributed by atoms with Crippen LogP contribution in [0, 0.1) is 11.3 Å². The lowest BCUT2D eigenvalue weighted by Crippen LogP contribution is -1.96. The van der Waals surface area contributed by atoms with Crippen molar-refractivity contribution in [3.8, 4) is 23.1 Å². The van der Waals surface area contributed by atoms with Gasteiger partial charge in [0.1, 0.15) is 0 Å². The van der Waals surface area contributed by atoms with Crippen LogP contribution in [0.15, 0.2) is 158 Å². The van der Waals surface area contributed by atoms with Gasteiger partial charge in [-0.2, -0.15) is 5.26 Å². The van der Waals surface area contributed by atoms with E-state index in [2.05, 4.69) is 165 Å². The first-order valence-electron chi connectivity index (χ1n) is 15.8. The van der Waals surface area contributed by atoms with Crippen molar-refractivity contribution in [1.29, 1.82) is 5.26 Å². The number of hydrogen-bond acceptors (Lipinski definition) is 1. The summed E-state index contributed by atoms with van der Waals surface area (Å²) >= 11 is 0. The van der Waals surface area contributed by atoms with Crippen molar-refractivity contribution in [3.05, 3.63) is 163 Å². The second-order valence-corrected chi connectivity index (χ2v) is 12.1. The number of aromatic nitrogens is 3. The van der Waals surface area contributed by atoms with Gasteiger partial charge in [-0.25, -0.2) is 0 Å². The molecule has 0 radical (unpaired) electrons. The lowest BCUT2D eigenvalue weighted by molar-refractivity contribution is 1.17. The van der Waals surface area contributed by atoms with Crippen molar-refractivity contribution in [2.45, 2.75) is 0 Å². The smallest absolute Gasteiger partial charge is 0.0991 e. The Bertz CT molecular complexity index is 2900. The zero-order chi connectivity index (χ0) is 31.1. The average molecular weight is 599 g/mol. The zero-order valence-corrected chi connectivity index (χ0v) is 25.3. The molecule has 0 atom stereocenters. The van der Waals surface area contributed by atoms with E-state index in [9.17, 15) is 5.26 Å². The highest BCUT2D eigenvalue weighted by Crippen LogP contribution is 2.43. The van der Waals surface area contributed by atoms with Gasteiger partial charge in [-0.15, -0.1) is 0 Å². The predicted molar refractivity (Wildman–Crippen MR) is 194 cm³/mol. The Hall–Kier alpha value is -6.57. The van der Waals surface area contributed by atoms with E-state index in [0.29, 0.717) is 5.56 Å². The summed E-state index contributed by atoms with van der Waals surface area (Å²) in [4.78, 5) is 0. The lowest BCUT2D eigenvalue weighted by Gasteiger charge is -2.11. The third kappa shape index (κ3) is 3.57. The fraction of sp³-hybridized carbons (Fsp3) is 0. The van der Waals surface area contributed by atoms with Crippen LogP contribution in [0.25, 0.3) is 82.5 Å². The van der Waals surface area contributed by atoms with E-state index < -0.39 is 0 Å². The largest absolute Gasteiger partial charge is 0.309 e. The van der Waals surface area contributed by atoms with Gasteiger partial charge in [0, 0.05) is 49.4 Å². The fourth-order valence-corrected chi connectivity index (χ4v) is 7.71. The average Bonchev–Trinajstić information content (AvgIpc) is 3.77. The molecule has 10 aromatic rings. The summed E-state index contributed by atoms with van der Waals surface area (Å²) in [7, 11) is 0. The van der Waals surface area contributed by atoms with E-state index in [1.165, 1.54) is 32.6 Å². The molecule has 0 fully saturated rings. The van der Waals surface area contributed by atoms with Crippen LogP contribution in [-0.2, 0) is 0 Å². The summed E-state index contributed by atoms with van der Waals surface area (Å²) in [6.45, 7) is 0. The van der Waals surface area contributed by atoms with Crippen molar-refractivity contribution in [2.75, 3.05) is 0 Å². The minimum Gasteiger partial charge on any atom is -0.309 e. The first kappa shape index (κ1) is 25.7. The molecule has 0 N–H and O–H groups in total. The first-order valence-corrected chi connectivity index (χ1v) is 15.8. The predicted octanol–water partition coefficient (Wildman–Crippen LogP) is 10.8. The van der Waals surface area contributed by atoms with Gasteiger partial charge in [0.15, 0.2) is 0 Å². The zero-order valence-electron chi connectivity index (χ0n) is 25.3. The van der Waals surface area contributed by atoms with Crippen LogP contribution >= 0.6 is 0 Å². The van der Waals surface area contributed by atoms with Crippen LogP contribution < -0.4 is 0 Å². The molecule has 10 rings (SSSR count). The molecule has 7 aromatic carbocycles. The molecule has 218 valence electrons. The molecule has 3 aromatic heterocycles. The normalized spacial score (nSPS) is 11.8. The molecule has 0 saturated heterocycles. The van der Waals surface area contributed by atoms with Crippen molar-refractivity contribution in [3.63, 3.8) is 0 Å². The van der Waals surface area contributed by atoms with Gasteiger partial charge in [-0.3, -0.25) is 0 Å². The quantitative estimate of drug-likeness (QED) is 0.199. The summed E-state index contributed by atoms with van der Waals surface area (Å²) in [5.74, 6) is 0. The van der Waals surface area contributed by atoms with E-state index in [1.807, 2.05) is 12.1 Å². The molecule has 4 nitrogen and oxygen atoms in total. The van der Waals surface area contributed by atoms with Gasteiger partial charge in [0.2, 0.25) is 0 Å². The van der Waals surface area contributed by atoms with Crippen LogP contribution in [0.2, 0.25) is 0 Å². The summed E-state index contributed by atoms with van der Waals surface area (Å²) < 4.78 is 7.12. The van der Waals surface area contributed by atoms with E-state index in [4.69, 9.17) is 0 Å². The number of fused-ring (bicyclic) bond motifs is 10. The van der Waals surface area contributed by atoms with Crippen molar-refractivity contribution < 1.29 is 0 Å². The van der Waals surface area contributed by atoms with Gasteiger partial charge >= 0.3 is 0 Å². The number of benzene rings is 7. The number of para-hydroxylation sites is 4. The summed E-state index contributed by atoms with van der Waals surface area (Å²) in [6, 6.07) is 58.2. The van der Waals surface area contributed by atoms with E-state index in [-0.39, 0.29) is 0 Å². The number of rotatable bonds is 3. The molecule has 0 aliphatic rings. The lowest BCUT2D eigenvalue weighted by atomic mass is 10.1. The van der Waals surface area contributed by atoms with E-state index >= 15 is 0 Å². The molecule has 0 aliphatic heterocycles. The van der Waals surface area contributed by atoms with Crippen LogP contribution in [0.3, 0.4) is 0 Å². The standard InChI is InChI=1S/C43H26N4/c44-27-28-19-22-40-35(25-28)33-21-24-41-42(34-16-8-10-18-38(34)46(41)30-13-5-2-6-14-30)43(33)47(40)31-20-23-39-36(26-31)32-15-7-9-17-37(32)45(39)29-11-3-1-4-12-29/h1-26H. The fourth-order valence-electron chi connectivity index (χ4n) is 7.71. The summed E-state index contributed by atoms with van der Waals surface area (Å²) in [6.07, 6.45) is 0. The maximum absolute atomic E-state index is 9.89. The van der Waals surface area contributed by atoms with Crippen molar-refractivity contribution >= 4 is 65.4 Å². The third-order valence-electron chi connectivity index (χ3n) is 9.63. The molecule has 0 spiro atoms. The van der Waals surface area contributed by atoms with Crippen LogP contribution in [0.5, 0.6) is 0 Å². The molecule has 0 saturated carbocycles. The van der Waals surface area contributed by atoms with Crippen LogP contribution in [-0.4, -0.2) is 13.7 Å². The SMILES string of the molecule is N#Cc1ccc2c(c1)c1ccc3c(c4ccccc4n3-c3ccccc3)c1n2-c1ccc2c(c1)c1ccccc1n2-c1ccccc1. The summed E-state index contributed by atoms with van der Waals surface area (Å²) in [5.41, 5.74) is 10.9. The summed E-state index contributed by atoms with van der Waals surface area (Å²) in [5, 5.41) is 16.9. The molecule has 47 heavy (non-hydrogen) atoms. The monoisotopic (exact) mass is 598 g/mol. The Morgan fingerprint density at radius 2 is 0.894 bits per heavy atom. The molecule has 0 bridgehead atoms. The topological polar surface area (TPSA) is 38.6 Å². The van der Waals surface area contributed by atoms with Gasteiger partial charge in [-0.05, 0) is 78.9 Å². The Morgan fingerprint density at radius 3 is 1.62 bits per heavy atom. The molecule has 4 heteroatoms. The van der Waals surface area contributed by atoms with Gasteiger partial charge in [0.25, 0.3) is 0 Å². The van der Waals surface area contributed by atoms with Crippen LogP contribution in [0.4, 0.5) is 0 Å². The Labute approximate surface area is 270 Å². The van der Waals surface area contributed by atoms with Crippen LogP contribution in [0.1, 0.15) is 5.56 Å². The van der Waals surface area contributed by atoms with Gasteiger partial charge in [-0.1, -0.05) is 78.9 Å². The Balaban J connectivity index is 1.37. The minimum absolute atomic E-state index is 0.657. The highest BCUT2D eigenvalue weighted by Gasteiger charge is 2.22. The molecule has 0 amide bonds. The maximum Gasteiger partial charge on any atom is 0.0991 e. The van der Waals surface area contributed by atoms with Crippen molar-refractivity contribution in [2.24, 2.45) is 0 Å². The highest BCUT2D eigenvalue weighted by atomic mass is 15.0. The molecule has 3 heterocycles. The number of nitriles is 1. The molecule has 0 unspecified atom stereocenters. The second kappa shape index (κ2) is 9.71. The highest BCUT2D eigenvalue weighted by molar-refractivity contribution is 6.26. The maximum atomic E-state index is 9.89. The van der Waals surface area contributed by atoms with E-state index in [1.54, 1.807) is 0 Å². The molecule has 0 aliphatic carbocycles. The Morgan fingerprint density at radius 1 is 0.362 bits per heavy atom. The third-order valence-corrected chi connectivity index (χ3v) is 9.63. The molecular formula is C43H26N4. The molecular weight excluding hydrogens is 573 g/mol. The van der Waals surface area contributed by atoms with Gasteiger partial charge < -0.3 is 13.7 Å². The van der Waals surface area contributed by atoms with Crippen molar-refractivity contribution in [1.82, 2.24) is 13.7 Å². The second-order valence-electron chi connectivity index (χ2n) is 12.1. The van der Waals surface area contributed by atoms with Gasteiger partial charge in [0.05, 0.1) is 44.7 Å². The number of nitrogens with zero attached hydrogens (tertiary/aromatic N) is 4. The Kier molecular flexibility index (Phi) is 5.32. The first-order chi connectivity index (χ1) is 23.3.